The highest BCUT2D eigenvalue weighted by Crippen LogP contribution is 2.31. The maximum atomic E-state index is 12.4. The van der Waals surface area contributed by atoms with Crippen molar-refractivity contribution in [1.29, 1.82) is 0 Å². The van der Waals surface area contributed by atoms with E-state index in [0.29, 0.717) is 18.8 Å². The Balaban J connectivity index is 2.31. The molecule has 0 spiro atoms. The van der Waals surface area contributed by atoms with Crippen LogP contribution in [0.4, 0.5) is 0 Å². The molecule has 0 amide bonds. The van der Waals surface area contributed by atoms with Crippen LogP contribution in [0.2, 0.25) is 0 Å². The van der Waals surface area contributed by atoms with Gasteiger partial charge in [0.2, 0.25) is 0 Å². The molecule has 1 aromatic heterocycles. The fourth-order valence-electron chi connectivity index (χ4n) is 2.48. The van der Waals surface area contributed by atoms with E-state index in [1.54, 1.807) is 11.6 Å². The molecule has 1 N–H and O–H groups in total. The number of hydrogen-bond donors (Lipinski definition) is 1. The molecule has 2 aromatic rings. The SMILES string of the molecule is Cn1c(=O)c(C2(CO)COC2)cc2ccccc21. The number of pyridine rings is 1. The van der Waals surface area contributed by atoms with Gasteiger partial charge in [0.1, 0.15) is 0 Å². The molecule has 0 aliphatic carbocycles. The molecular formula is C14H15NO3. The summed E-state index contributed by atoms with van der Waals surface area (Å²) in [5.41, 5.74) is 0.988. The summed E-state index contributed by atoms with van der Waals surface area (Å²) in [5, 5.41) is 10.6. The number of ether oxygens (including phenoxy) is 1. The molecule has 0 radical (unpaired) electrons. The molecule has 1 aliphatic heterocycles. The summed E-state index contributed by atoms with van der Waals surface area (Å²) >= 11 is 0. The van der Waals surface area contributed by atoms with Gasteiger partial charge >= 0.3 is 0 Å². The lowest BCUT2D eigenvalue weighted by Gasteiger charge is -2.39. The summed E-state index contributed by atoms with van der Waals surface area (Å²) in [4.78, 5) is 12.4. The van der Waals surface area contributed by atoms with E-state index >= 15 is 0 Å². The zero-order valence-electron chi connectivity index (χ0n) is 10.2. The molecule has 18 heavy (non-hydrogen) atoms. The van der Waals surface area contributed by atoms with Gasteiger partial charge in [0.15, 0.2) is 0 Å². The predicted molar refractivity (Wildman–Crippen MR) is 68.8 cm³/mol. The molecule has 2 heterocycles. The van der Waals surface area contributed by atoms with Crippen LogP contribution in [0.1, 0.15) is 5.56 Å². The number of fused-ring (bicyclic) bond motifs is 1. The minimum Gasteiger partial charge on any atom is -0.395 e. The molecule has 4 heteroatoms. The Morgan fingerprint density at radius 3 is 2.72 bits per heavy atom. The van der Waals surface area contributed by atoms with Crippen molar-refractivity contribution >= 4 is 10.9 Å². The number of para-hydroxylation sites is 1. The average molecular weight is 245 g/mol. The summed E-state index contributed by atoms with van der Waals surface area (Å²) in [6.45, 7) is 0.773. The van der Waals surface area contributed by atoms with Crippen molar-refractivity contribution in [3.63, 3.8) is 0 Å². The maximum absolute atomic E-state index is 12.4. The standard InChI is InChI=1S/C14H15NO3/c1-15-12-5-3-2-4-10(12)6-11(13(15)17)14(7-16)8-18-9-14/h2-6,16H,7-9H2,1H3. The summed E-state index contributed by atoms with van der Waals surface area (Å²) in [7, 11) is 1.76. The van der Waals surface area contributed by atoms with Gasteiger partial charge in [0, 0.05) is 12.6 Å². The zero-order chi connectivity index (χ0) is 12.8. The third kappa shape index (κ3) is 1.43. The minimum absolute atomic E-state index is 0.0500. The highest BCUT2D eigenvalue weighted by Gasteiger charge is 2.42. The van der Waals surface area contributed by atoms with Crippen molar-refractivity contribution in [2.75, 3.05) is 19.8 Å². The van der Waals surface area contributed by atoms with Crippen molar-refractivity contribution in [2.45, 2.75) is 5.41 Å². The lowest BCUT2D eigenvalue weighted by Crippen LogP contribution is -2.53. The first-order valence-electron chi connectivity index (χ1n) is 5.96. The molecule has 0 unspecified atom stereocenters. The molecule has 1 fully saturated rings. The number of aliphatic hydroxyl groups is 1. The number of benzene rings is 1. The highest BCUT2D eigenvalue weighted by atomic mass is 16.5. The smallest absolute Gasteiger partial charge is 0.254 e. The van der Waals surface area contributed by atoms with Crippen LogP contribution in [0.3, 0.4) is 0 Å². The molecular weight excluding hydrogens is 230 g/mol. The van der Waals surface area contributed by atoms with Crippen LogP contribution in [-0.4, -0.2) is 29.5 Å². The fraction of sp³-hybridized carbons (Fsp3) is 0.357. The Bertz CT molecular complexity index is 650. The number of hydrogen-bond acceptors (Lipinski definition) is 3. The summed E-state index contributed by atoms with van der Waals surface area (Å²) in [5.74, 6) is 0. The van der Waals surface area contributed by atoms with Crippen LogP contribution >= 0.6 is 0 Å². The third-order valence-electron chi connectivity index (χ3n) is 3.76. The highest BCUT2D eigenvalue weighted by molar-refractivity contribution is 5.79. The molecule has 1 aliphatic rings. The number of aliphatic hydroxyl groups excluding tert-OH is 1. The average Bonchev–Trinajstić information content (AvgIpc) is 2.35. The van der Waals surface area contributed by atoms with Gasteiger partial charge in [-0.2, -0.15) is 0 Å². The fourth-order valence-corrected chi connectivity index (χ4v) is 2.48. The maximum Gasteiger partial charge on any atom is 0.254 e. The van der Waals surface area contributed by atoms with Crippen LogP contribution < -0.4 is 5.56 Å². The number of aromatic nitrogens is 1. The second-order valence-electron chi connectivity index (χ2n) is 4.91. The van der Waals surface area contributed by atoms with Crippen LogP contribution in [-0.2, 0) is 17.2 Å². The normalized spacial score (nSPS) is 17.7. The van der Waals surface area contributed by atoms with Gasteiger partial charge in [0.25, 0.3) is 5.56 Å². The van der Waals surface area contributed by atoms with Gasteiger partial charge in [-0.3, -0.25) is 4.79 Å². The van der Waals surface area contributed by atoms with E-state index in [1.165, 1.54) is 0 Å². The lowest BCUT2D eigenvalue weighted by atomic mass is 9.79. The molecule has 1 saturated heterocycles. The van der Waals surface area contributed by atoms with E-state index in [-0.39, 0.29) is 12.2 Å². The van der Waals surface area contributed by atoms with Crippen molar-refractivity contribution < 1.29 is 9.84 Å². The minimum atomic E-state index is -0.515. The van der Waals surface area contributed by atoms with Crippen LogP contribution in [0, 0.1) is 0 Å². The Morgan fingerprint density at radius 1 is 1.39 bits per heavy atom. The second-order valence-corrected chi connectivity index (χ2v) is 4.91. The Kier molecular flexibility index (Phi) is 2.50. The molecule has 4 nitrogen and oxygen atoms in total. The topological polar surface area (TPSA) is 51.5 Å². The molecule has 0 saturated carbocycles. The van der Waals surface area contributed by atoms with E-state index in [1.807, 2.05) is 30.3 Å². The second kappa shape index (κ2) is 3.93. The Morgan fingerprint density at radius 2 is 2.11 bits per heavy atom. The van der Waals surface area contributed by atoms with Crippen molar-refractivity contribution in [2.24, 2.45) is 7.05 Å². The quantitative estimate of drug-likeness (QED) is 0.851. The Labute approximate surface area is 104 Å². The van der Waals surface area contributed by atoms with E-state index in [9.17, 15) is 9.90 Å². The van der Waals surface area contributed by atoms with Gasteiger partial charge in [-0.05, 0) is 17.5 Å². The number of aryl methyl sites for hydroxylation is 1. The summed E-state index contributed by atoms with van der Waals surface area (Å²) in [6.07, 6.45) is 0. The molecule has 3 rings (SSSR count). The van der Waals surface area contributed by atoms with E-state index in [4.69, 9.17) is 4.74 Å². The predicted octanol–water partition coefficient (Wildman–Crippen LogP) is 0.799. The monoisotopic (exact) mass is 245 g/mol. The zero-order valence-corrected chi connectivity index (χ0v) is 10.2. The van der Waals surface area contributed by atoms with Crippen LogP contribution in [0.5, 0.6) is 0 Å². The molecule has 0 bridgehead atoms. The van der Waals surface area contributed by atoms with Crippen LogP contribution in [0.25, 0.3) is 10.9 Å². The third-order valence-corrected chi connectivity index (χ3v) is 3.76. The van der Waals surface area contributed by atoms with Crippen molar-refractivity contribution in [3.05, 3.63) is 46.2 Å². The van der Waals surface area contributed by atoms with E-state index < -0.39 is 5.41 Å². The van der Waals surface area contributed by atoms with Gasteiger partial charge in [0.05, 0.1) is 30.8 Å². The van der Waals surface area contributed by atoms with Gasteiger partial charge in [-0.15, -0.1) is 0 Å². The van der Waals surface area contributed by atoms with Crippen molar-refractivity contribution in [1.82, 2.24) is 4.57 Å². The van der Waals surface area contributed by atoms with Gasteiger partial charge in [-0.1, -0.05) is 18.2 Å². The Hall–Kier alpha value is -1.65. The lowest BCUT2D eigenvalue weighted by molar-refractivity contribution is -0.0848. The molecule has 0 atom stereocenters. The first-order chi connectivity index (χ1) is 8.68. The first kappa shape index (κ1) is 11.4. The van der Waals surface area contributed by atoms with Gasteiger partial charge in [-0.25, -0.2) is 0 Å². The number of nitrogens with zero attached hydrogens (tertiary/aromatic N) is 1. The van der Waals surface area contributed by atoms with Crippen LogP contribution in [0.15, 0.2) is 35.1 Å². The largest absolute Gasteiger partial charge is 0.395 e. The van der Waals surface area contributed by atoms with Crippen molar-refractivity contribution in [3.8, 4) is 0 Å². The summed E-state index contributed by atoms with van der Waals surface area (Å²) in [6, 6.07) is 9.64. The van der Waals surface area contributed by atoms with E-state index in [0.717, 1.165) is 10.9 Å². The first-order valence-corrected chi connectivity index (χ1v) is 5.96. The summed E-state index contributed by atoms with van der Waals surface area (Å²) < 4.78 is 6.82. The van der Waals surface area contributed by atoms with E-state index in [2.05, 4.69) is 0 Å². The van der Waals surface area contributed by atoms with Gasteiger partial charge < -0.3 is 14.4 Å². The molecule has 94 valence electrons. The number of rotatable bonds is 2. The molecule has 1 aromatic carbocycles.